The Morgan fingerprint density at radius 1 is 1.24 bits per heavy atom. The summed E-state index contributed by atoms with van der Waals surface area (Å²) in [5, 5.41) is 17.5. The number of hydrazone groups is 1. The van der Waals surface area contributed by atoms with Gasteiger partial charge in [0.1, 0.15) is 0 Å². The van der Waals surface area contributed by atoms with Crippen molar-refractivity contribution in [2.24, 2.45) is 22.9 Å². The number of para-hydroxylation sites is 1. The maximum atomic E-state index is 11.7. The normalized spacial score (nSPS) is 23.8. The minimum absolute atomic E-state index is 0.289. The third-order valence-electron chi connectivity index (χ3n) is 6.12. The van der Waals surface area contributed by atoms with Crippen LogP contribution in [0.25, 0.3) is 0 Å². The first-order chi connectivity index (χ1) is 14.0. The highest BCUT2D eigenvalue weighted by Crippen LogP contribution is 2.51. The van der Waals surface area contributed by atoms with Crippen molar-refractivity contribution >= 4 is 34.7 Å². The molecule has 1 aromatic rings. The van der Waals surface area contributed by atoms with Crippen LogP contribution in [0.5, 0.6) is 0 Å². The monoisotopic (exact) mass is 413 g/mol. The van der Waals surface area contributed by atoms with Gasteiger partial charge in [0, 0.05) is 17.0 Å². The van der Waals surface area contributed by atoms with E-state index in [4.69, 9.17) is 12.2 Å². The van der Waals surface area contributed by atoms with Crippen LogP contribution in [0.3, 0.4) is 0 Å². The van der Waals surface area contributed by atoms with Gasteiger partial charge in [-0.25, -0.2) is 4.79 Å². The molecule has 0 saturated heterocycles. The maximum Gasteiger partial charge on any atom is 0.331 e. The van der Waals surface area contributed by atoms with Gasteiger partial charge in [0.25, 0.3) is 0 Å². The molecule has 0 spiro atoms. The van der Waals surface area contributed by atoms with E-state index in [9.17, 15) is 9.90 Å². The lowest BCUT2D eigenvalue weighted by molar-refractivity contribution is -0.133. The molecule has 2 bridgehead atoms. The molecule has 0 heterocycles. The van der Waals surface area contributed by atoms with Crippen molar-refractivity contribution in [1.82, 2.24) is 5.43 Å². The van der Waals surface area contributed by atoms with Crippen molar-refractivity contribution in [3.8, 4) is 0 Å². The van der Waals surface area contributed by atoms with E-state index in [0.717, 1.165) is 49.4 Å². The van der Waals surface area contributed by atoms with E-state index in [-0.39, 0.29) is 5.92 Å². The molecule has 29 heavy (non-hydrogen) atoms. The molecule has 2 aliphatic carbocycles. The first-order valence-electron chi connectivity index (χ1n) is 10.6. The van der Waals surface area contributed by atoms with Gasteiger partial charge < -0.3 is 10.4 Å². The molecule has 2 saturated carbocycles. The minimum Gasteiger partial charge on any atom is -0.478 e. The molecule has 156 valence electrons. The molecule has 3 N–H and O–H groups in total. The Bertz CT molecular complexity index is 776. The standard InChI is InChI=1S/C23H31N3O2S/c1-16(25-26-23(29)24-19-9-5-3-6-10-19)8-4-2-7-11-20(22(27)28)21-15-17-12-13-18(21)14-17/h3,5-6,9-11,17-18,21H,2,4,7-8,12-15H2,1H3,(H,27,28)(H2,24,26,29)/t17?,18-,21-/m1/s1. The Morgan fingerprint density at radius 3 is 2.69 bits per heavy atom. The van der Waals surface area contributed by atoms with Gasteiger partial charge in [-0.3, -0.25) is 5.43 Å². The second-order valence-corrected chi connectivity index (χ2v) is 8.68. The van der Waals surface area contributed by atoms with Crippen LogP contribution in [0.4, 0.5) is 5.69 Å². The highest BCUT2D eigenvalue weighted by atomic mass is 32.1. The number of anilines is 1. The van der Waals surface area contributed by atoms with Gasteiger partial charge in [0.05, 0.1) is 0 Å². The maximum absolute atomic E-state index is 11.7. The van der Waals surface area contributed by atoms with Gasteiger partial charge in [-0.1, -0.05) is 30.7 Å². The van der Waals surface area contributed by atoms with Crippen LogP contribution in [0, 0.1) is 17.8 Å². The van der Waals surface area contributed by atoms with Crippen molar-refractivity contribution in [2.75, 3.05) is 5.32 Å². The summed E-state index contributed by atoms with van der Waals surface area (Å²) in [6, 6.07) is 9.73. The largest absolute Gasteiger partial charge is 0.478 e. The molecule has 0 amide bonds. The molecule has 3 atom stereocenters. The summed E-state index contributed by atoms with van der Waals surface area (Å²) in [5.74, 6) is 0.943. The molecule has 3 rings (SSSR count). The van der Waals surface area contributed by atoms with Gasteiger partial charge in [-0.15, -0.1) is 0 Å². The third kappa shape index (κ3) is 6.39. The Kier molecular flexibility index (Phi) is 7.81. The van der Waals surface area contributed by atoms with Crippen molar-refractivity contribution in [2.45, 2.75) is 58.3 Å². The molecule has 0 aliphatic heterocycles. The summed E-state index contributed by atoms with van der Waals surface area (Å²) >= 11 is 5.24. The lowest BCUT2D eigenvalue weighted by atomic mass is 9.82. The van der Waals surface area contributed by atoms with E-state index < -0.39 is 5.97 Å². The fourth-order valence-electron chi connectivity index (χ4n) is 4.69. The zero-order valence-corrected chi connectivity index (χ0v) is 17.9. The molecule has 1 unspecified atom stereocenters. The number of aliphatic carboxylic acids is 1. The average molecular weight is 414 g/mol. The van der Waals surface area contributed by atoms with Gasteiger partial charge in [-0.2, -0.15) is 5.10 Å². The molecule has 0 aromatic heterocycles. The summed E-state index contributed by atoms with van der Waals surface area (Å²) in [6.45, 7) is 1.98. The van der Waals surface area contributed by atoms with Crippen molar-refractivity contribution in [3.63, 3.8) is 0 Å². The number of thiocarbonyl (C=S) groups is 1. The quantitative estimate of drug-likeness (QED) is 0.167. The number of carboxylic acid groups (broad SMARTS) is 1. The molecular formula is C23H31N3O2S. The Labute approximate surface area is 178 Å². The first-order valence-corrected chi connectivity index (χ1v) is 11.0. The Hall–Kier alpha value is -2.21. The Balaban J connectivity index is 1.36. The lowest BCUT2D eigenvalue weighted by Crippen LogP contribution is -2.24. The number of nitrogens with one attached hydrogen (secondary N) is 2. The number of hydrogen-bond acceptors (Lipinski definition) is 3. The van der Waals surface area contributed by atoms with E-state index in [0.29, 0.717) is 16.6 Å². The molecular weight excluding hydrogens is 382 g/mol. The van der Waals surface area contributed by atoms with E-state index in [1.807, 2.05) is 43.3 Å². The molecule has 2 aliphatic rings. The zero-order chi connectivity index (χ0) is 20.6. The predicted molar refractivity (Wildman–Crippen MR) is 122 cm³/mol. The van der Waals surface area contributed by atoms with Crippen LogP contribution in [0.15, 0.2) is 47.1 Å². The average Bonchev–Trinajstić information content (AvgIpc) is 3.33. The van der Waals surface area contributed by atoms with Gasteiger partial charge in [0.2, 0.25) is 0 Å². The van der Waals surface area contributed by atoms with Crippen molar-refractivity contribution in [3.05, 3.63) is 42.0 Å². The molecule has 2 fully saturated rings. The number of carboxylic acids is 1. The smallest absolute Gasteiger partial charge is 0.331 e. The summed E-state index contributed by atoms with van der Waals surface area (Å²) in [4.78, 5) is 11.7. The second-order valence-electron chi connectivity index (χ2n) is 8.27. The van der Waals surface area contributed by atoms with Crippen LogP contribution >= 0.6 is 12.2 Å². The number of fused-ring (bicyclic) bond motifs is 2. The van der Waals surface area contributed by atoms with Crippen LogP contribution in [-0.4, -0.2) is 21.9 Å². The Morgan fingerprint density at radius 2 is 2.03 bits per heavy atom. The summed E-state index contributed by atoms with van der Waals surface area (Å²) in [5.41, 5.74) is 5.45. The molecule has 5 nitrogen and oxygen atoms in total. The fraction of sp³-hybridized carbons (Fsp3) is 0.522. The highest BCUT2D eigenvalue weighted by molar-refractivity contribution is 7.80. The van der Waals surface area contributed by atoms with Crippen LogP contribution in [-0.2, 0) is 4.79 Å². The number of rotatable bonds is 9. The van der Waals surface area contributed by atoms with Crippen LogP contribution < -0.4 is 10.7 Å². The number of carbonyl (C=O) groups is 1. The van der Waals surface area contributed by atoms with E-state index in [1.54, 1.807) is 0 Å². The number of nitrogens with zero attached hydrogens (tertiary/aromatic N) is 1. The molecule has 1 aromatic carbocycles. The van der Waals surface area contributed by atoms with Crippen LogP contribution in [0.1, 0.15) is 58.3 Å². The molecule has 6 heteroatoms. The van der Waals surface area contributed by atoms with Crippen molar-refractivity contribution < 1.29 is 9.90 Å². The summed E-state index contributed by atoms with van der Waals surface area (Å²) in [7, 11) is 0. The number of benzene rings is 1. The summed E-state index contributed by atoms with van der Waals surface area (Å²) < 4.78 is 0. The van der Waals surface area contributed by atoms with Gasteiger partial charge in [0.15, 0.2) is 5.11 Å². The number of allylic oxidation sites excluding steroid dienone is 1. The first kappa shape index (κ1) is 21.5. The highest BCUT2D eigenvalue weighted by Gasteiger charge is 2.42. The van der Waals surface area contributed by atoms with E-state index in [2.05, 4.69) is 15.8 Å². The summed E-state index contributed by atoms with van der Waals surface area (Å²) in [6.07, 6.45) is 10.4. The van der Waals surface area contributed by atoms with E-state index >= 15 is 0 Å². The minimum atomic E-state index is -0.719. The fourth-order valence-corrected chi connectivity index (χ4v) is 4.85. The topological polar surface area (TPSA) is 73.7 Å². The molecule has 0 radical (unpaired) electrons. The second kappa shape index (κ2) is 10.5. The third-order valence-corrected chi connectivity index (χ3v) is 6.31. The lowest BCUT2D eigenvalue weighted by Gasteiger charge is -2.22. The van der Waals surface area contributed by atoms with Crippen LogP contribution in [0.2, 0.25) is 0 Å². The van der Waals surface area contributed by atoms with Crippen molar-refractivity contribution in [1.29, 1.82) is 0 Å². The van der Waals surface area contributed by atoms with E-state index in [1.165, 1.54) is 19.3 Å². The SMILES string of the molecule is CC(CCCCC=C(C(=O)O)[C@@H]1CC2CC[C@@H]1C2)=NNC(=S)Nc1ccccc1. The zero-order valence-electron chi connectivity index (χ0n) is 17.1. The number of hydrogen-bond donors (Lipinski definition) is 3. The predicted octanol–water partition coefficient (Wildman–Crippen LogP) is 5.36. The van der Waals surface area contributed by atoms with Gasteiger partial charge in [-0.05, 0) is 94.0 Å². The number of unbranched alkanes of at least 4 members (excludes halogenated alkanes) is 2. The van der Waals surface area contributed by atoms with Gasteiger partial charge >= 0.3 is 5.97 Å².